The van der Waals surface area contributed by atoms with Gasteiger partial charge in [-0.3, -0.25) is 0 Å². The Bertz CT molecular complexity index is 116. The zero-order valence-corrected chi connectivity index (χ0v) is 9.72. The molecule has 0 aliphatic rings. The van der Waals surface area contributed by atoms with Crippen molar-refractivity contribution in [2.24, 2.45) is 0 Å². The second kappa shape index (κ2) is 6.39. The molecule has 0 N–H and O–H groups in total. The Morgan fingerprint density at radius 1 is 1.23 bits per heavy atom. The van der Waals surface area contributed by atoms with Crippen molar-refractivity contribution in [1.82, 2.24) is 0 Å². The van der Waals surface area contributed by atoms with Gasteiger partial charge in [-0.1, -0.05) is 0 Å². The molecule has 0 saturated carbocycles. The Morgan fingerprint density at radius 3 is 2.31 bits per heavy atom. The maximum atomic E-state index is 5.76. The zero-order chi connectivity index (χ0) is 10.3. The monoisotopic (exact) mass is 188 g/mol. The first-order chi connectivity index (χ1) is 5.95. The van der Waals surface area contributed by atoms with Gasteiger partial charge in [-0.05, 0) is 47.5 Å². The molecule has 0 aromatic carbocycles. The van der Waals surface area contributed by atoms with E-state index in [4.69, 9.17) is 9.47 Å². The van der Waals surface area contributed by atoms with Crippen molar-refractivity contribution in [3.63, 3.8) is 0 Å². The molecule has 0 saturated heterocycles. The van der Waals surface area contributed by atoms with Crippen molar-refractivity contribution in [3.05, 3.63) is 0 Å². The Hall–Kier alpha value is -0.0800. The summed E-state index contributed by atoms with van der Waals surface area (Å²) in [6.45, 7) is 12.1. The van der Waals surface area contributed by atoms with Gasteiger partial charge in [0.2, 0.25) is 0 Å². The van der Waals surface area contributed by atoms with Crippen LogP contribution in [-0.4, -0.2) is 24.9 Å². The van der Waals surface area contributed by atoms with Crippen LogP contribution in [0.5, 0.6) is 0 Å². The molecule has 13 heavy (non-hydrogen) atoms. The second-order valence-electron chi connectivity index (χ2n) is 4.38. The van der Waals surface area contributed by atoms with E-state index in [0.29, 0.717) is 6.10 Å². The lowest BCUT2D eigenvalue weighted by atomic mass is 10.1. The molecule has 80 valence electrons. The predicted molar refractivity (Wildman–Crippen MR) is 56.0 cm³/mol. The van der Waals surface area contributed by atoms with E-state index in [9.17, 15) is 0 Å². The van der Waals surface area contributed by atoms with Gasteiger partial charge in [-0.2, -0.15) is 0 Å². The number of hydrogen-bond donors (Lipinski definition) is 0. The lowest BCUT2D eigenvalue weighted by molar-refractivity contribution is -0.0568. The summed E-state index contributed by atoms with van der Waals surface area (Å²) in [5, 5.41) is 0. The molecule has 0 aromatic heterocycles. The van der Waals surface area contributed by atoms with E-state index in [0.717, 1.165) is 26.1 Å². The van der Waals surface area contributed by atoms with Crippen LogP contribution < -0.4 is 0 Å². The van der Waals surface area contributed by atoms with Crippen molar-refractivity contribution in [2.45, 2.75) is 59.2 Å². The van der Waals surface area contributed by atoms with E-state index in [2.05, 4.69) is 27.7 Å². The van der Waals surface area contributed by atoms with Crippen molar-refractivity contribution in [3.8, 4) is 0 Å². The van der Waals surface area contributed by atoms with Crippen LogP contribution in [0.3, 0.4) is 0 Å². The van der Waals surface area contributed by atoms with Crippen LogP contribution in [0.1, 0.15) is 47.5 Å². The summed E-state index contributed by atoms with van der Waals surface area (Å²) in [4.78, 5) is 0. The molecule has 2 nitrogen and oxygen atoms in total. The highest BCUT2D eigenvalue weighted by molar-refractivity contribution is 4.62. The molecule has 0 aromatic rings. The molecule has 0 unspecified atom stereocenters. The van der Waals surface area contributed by atoms with E-state index in [-0.39, 0.29) is 5.60 Å². The predicted octanol–water partition coefficient (Wildman–Crippen LogP) is 3.01. The van der Waals surface area contributed by atoms with Gasteiger partial charge in [0.15, 0.2) is 0 Å². The van der Waals surface area contributed by atoms with E-state index >= 15 is 0 Å². The van der Waals surface area contributed by atoms with Crippen LogP contribution in [0.4, 0.5) is 0 Å². The lowest BCUT2D eigenvalue weighted by Crippen LogP contribution is -2.25. The van der Waals surface area contributed by atoms with Gasteiger partial charge in [-0.25, -0.2) is 0 Å². The van der Waals surface area contributed by atoms with Crippen molar-refractivity contribution in [1.29, 1.82) is 0 Å². The molecule has 0 bridgehead atoms. The molecule has 0 radical (unpaired) electrons. The Kier molecular flexibility index (Phi) is 6.35. The van der Waals surface area contributed by atoms with Gasteiger partial charge in [0, 0.05) is 13.2 Å². The van der Waals surface area contributed by atoms with Crippen molar-refractivity contribution >= 4 is 0 Å². The summed E-state index contributed by atoms with van der Waals surface area (Å²) >= 11 is 0. The van der Waals surface area contributed by atoms with Gasteiger partial charge in [0.1, 0.15) is 0 Å². The molecule has 0 aliphatic carbocycles. The third-order valence-corrected chi connectivity index (χ3v) is 1.66. The standard InChI is InChI=1S/C11H24O2/c1-6-12-9-7-8-10(2)13-11(3,4)5/h10H,6-9H2,1-5H3/t10-/m0/s1. The molecule has 0 amide bonds. The second-order valence-corrected chi connectivity index (χ2v) is 4.38. The molecule has 0 spiro atoms. The highest BCUT2D eigenvalue weighted by Crippen LogP contribution is 2.13. The third kappa shape index (κ3) is 9.84. The minimum Gasteiger partial charge on any atom is -0.382 e. The fraction of sp³-hybridized carbons (Fsp3) is 1.00. The van der Waals surface area contributed by atoms with Crippen LogP contribution in [0, 0.1) is 0 Å². The Balaban J connectivity index is 3.35. The quantitative estimate of drug-likeness (QED) is 0.597. The number of rotatable bonds is 6. The van der Waals surface area contributed by atoms with Crippen molar-refractivity contribution in [2.75, 3.05) is 13.2 Å². The van der Waals surface area contributed by atoms with E-state index in [1.54, 1.807) is 0 Å². The van der Waals surface area contributed by atoms with Gasteiger partial charge in [0.25, 0.3) is 0 Å². The van der Waals surface area contributed by atoms with E-state index < -0.39 is 0 Å². The van der Waals surface area contributed by atoms with E-state index in [1.807, 2.05) is 6.92 Å². The fourth-order valence-electron chi connectivity index (χ4n) is 1.28. The average Bonchev–Trinajstić information content (AvgIpc) is 1.94. The summed E-state index contributed by atoms with van der Waals surface area (Å²) in [7, 11) is 0. The molecule has 0 rings (SSSR count). The van der Waals surface area contributed by atoms with Crippen LogP contribution >= 0.6 is 0 Å². The van der Waals surface area contributed by atoms with Crippen LogP contribution in [0.2, 0.25) is 0 Å². The summed E-state index contributed by atoms with van der Waals surface area (Å²) in [6.07, 6.45) is 2.50. The smallest absolute Gasteiger partial charge is 0.0602 e. The average molecular weight is 188 g/mol. The van der Waals surface area contributed by atoms with E-state index in [1.165, 1.54) is 0 Å². The lowest BCUT2D eigenvalue weighted by Gasteiger charge is -2.25. The summed E-state index contributed by atoms with van der Waals surface area (Å²) < 4.78 is 11.0. The summed E-state index contributed by atoms with van der Waals surface area (Å²) in [6, 6.07) is 0. The SMILES string of the molecule is CCOCCC[C@H](C)OC(C)(C)C. The zero-order valence-electron chi connectivity index (χ0n) is 9.72. The van der Waals surface area contributed by atoms with Gasteiger partial charge in [0.05, 0.1) is 11.7 Å². The first-order valence-corrected chi connectivity index (χ1v) is 5.21. The Morgan fingerprint density at radius 2 is 1.85 bits per heavy atom. The van der Waals surface area contributed by atoms with Crippen molar-refractivity contribution < 1.29 is 9.47 Å². The molecule has 0 heterocycles. The van der Waals surface area contributed by atoms with Crippen LogP contribution in [-0.2, 0) is 9.47 Å². The molecular weight excluding hydrogens is 164 g/mol. The molecule has 0 fully saturated rings. The number of ether oxygens (including phenoxy) is 2. The first-order valence-electron chi connectivity index (χ1n) is 5.21. The first kappa shape index (κ1) is 12.9. The van der Waals surface area contributed by atoms with Gasteiger partial charge >= 0.3 is 0 Å². The highest BCUT2D eigenvalue weighted by Gasteiger charge is 2.14. The maximum absolute atomic E-state index is 5.76. The third-order valence-electron chi connectivity index (χ3n) is 1.66. The topological polar surface area (TPSA) is 18.5 Å². The summed E-state index contributed by atoms with van der Waals surface area (Å²) in [5.74, 6) is 0. The summed E-state index contributed by atoms with van der Waals surface area (Å²) in [5.41, 5.74) is -0.0228. The fourth-order valence-corrected chi connectivity index (χ4v) is 1.28. The minimum atomic E-state index is -0.0228. The normalized spacial score (nSPS) is 14.5. The maximum Gasteiger partial charge on any atom is 0.0602 e. The Labute approximate surface area is 82.6 Å². The number of hydrogen-bond acceptors (Lipinski definition) is 2. The highest BCUT2D eigenvalue weighted by atomic mass is 16.5. The molecule has 2 heteroatoms. The largest absolute Gasteiger partial charge is 0.382 e. The minimum absolute atomic E-state index is 0.0228. The van der Waals surface area contributed by atoms with Gasteiger partial charge in [-0.15, -0.1) is 0 Å². The van der Waals surface area contributed by atoms with Crippen LogP contribution in [0.15, 0.2) is 0 Å². The van der Waals surface area contributed by atoms with Gasteiger partial charge < -0.3 is 9.47 Å². The molecule has 0 aliphatic heterocycles. The molecular formula is C11H24O2. The molecule has 1 atom stereocenters. The van der Waals surface area contributed by atoms with Crippen LogP contribution in [0.25, 0.3) is 0 Å².